The van der Waals surface area contributed by atoms with Crippen LogP contribution in [-0.2, 0) is 0 Å². The van der Waals surface area contributed by atoms with Crippen LogP contribution in [0.3, 0.4) is 0 Å². The Morgan fingerprint density at radius 1 is 1.18 bits per heavy atom. The minimum Gasteiger partial charge on any atom is -0.508 e. The van der Waals surface area contributed by atoms with Gasteiger partial charge in [-0.3, -0.25) is 0 Å². The highest BCUT2D eigenvalue weighted by atomic mass is 16.3. The SMILES string of the molecule is CCCCCCCCC1(O)C=CC(O)=C(C)C1. The molecule has 0 aromatic heterocycles. The first kappa shape index (κ1) is 14.3. The molecule has 1 rings (SSSR count). The number of hydrogen-bond donors (Lipinski definition) is 2. The van der Waals surface area contributed by atoms with Crippen LogP contribution < -0.4 is 0 Å². The van der Waals surface area contributed by atoms with E-state index >= 15 is 0 Å². The molecule has 1 aliphatic carbocycles. The maximum absolute atomic E-state index is 10.3. The van der Waals surface area contributed by atoms with E-state index in [2.05, 4.69) is 6.92 Å². The average Bonchev–Trinajstić information content (AvgIpc) is 2.29. The molecule has 0 heterocycles. The van der Waals surface area contributed by atoms with E-state index in [1.807, 2.05) is 6.92 Å². The van der Waals surface area contributed by atoms with Crippen LogP contribution in [0.15, 0.2) is 23.5 Å². The van der Waals surface area contributed by atoms with Crippen molar-refractivity contribution in [2.75, 3.05) is 0 Å². The zero-order chi connectivity index (χ0) is 12.7. The van der Waals surface area contributed by atoms with Crippen molar-refractivity contribution in [3.8, 4) is 0 Å². The largest absolute Gasteiger partial charge is 0.508 e. The number of allylic oxidation sites excluding steroid dienone is 1. The van der Waals surface area contributed by atoms with Gasteiger partial charge < -0.3 is 10.2 Å². The molecule has 1 unspecified atom stereocenters. The predicted molar refractivity (Wildman–Crippen MR) is 72.0 cm³/mol. The van der Waals surface area contributed by atoms with Crippen LogP contribution in [0.5, 0.6) is 0 Å². The fraction of sp³-hybridized carbons (Fsp3) is 0.733. The maximum atomic E-state index is 10.3. The van der Waals surface area contributed by atoms with E-state index in [1.165, 1.54) is 32.1 Å². The van der Waals surface area contributed by atoms with E-state index in [9.17, 15) is 10.2 Å². The number of hydrogen-bond acceptors (Lipinski definition) is 2. The summed E-state index contributed by atoms with van der Waals surface area (Å²) in [5, 5.41) is 19.8. The molecule has 0 radical (unpaired) electrons. The molecular weight excluding hydrogens is 212 g/mol. The molecule has 1 atom stereocenters. The molecule has 0 aromatic carbocycles. The third-order valence-corrected chi connectivity index (χ3v) is 3.52. The Labute approximate surface area is 105 Å². The van der Waals surface area contributed by atoms with Crippen molar-refractivity contribution in [3.63, 3.8) is 0 Å². The zero-order valence-electron chi connectivity index (χ0n) is 11.2. The summed E-state index contributed by atoms with van der Waals surface area (Å²) < 4.78 is 0. The molecule has 0 amide bonds. The summed E-state index contributed by atoms with van der Waals surface area (Å²) in [6, 6.07) is 0. The highest BCUT2D eigenvalue weighted by molar-refractivity contribution is 5.28. The van der Waals surface area contributed by atoms with Crippen LogP contribution in [0.2, 0.25) is 0 Å². The second kappa shape index (κ2) is 6.85. The fourth-order valence-electron chi connectivity index (χ4n) is 2.37. The van der Waals surface area contributed by atoms with Crippen molar-refractivity contribution in [1.29, 1.82) is 0 Å². The van der Waals surface area contributed by atoms with Gasteiger partial charge in [0, 0.05) is 6.42 Å². The van der Waals surface area contributed by atoms with E-state index in [0.717, 1.165) is 18.4 Å². The minimum absolute atomic E-state index is 0.317. The monoisotopic (exact) mass is 238 g/mol. The van der Waals surface area contributed by atoms with Crippen LogP contribution >= 0.6 is 0 Å². The van der Waals surface area contributed by atoms with Crippen LogP contribution in [-0.4, -0.2) is 15.8 Å². The van der Waals surface area contributed by atoms with Gasteiger partial charge in [0.05, 0.1) is 5.60 Å². The first-order valence-electron chi connectivity index (χ1n) is 6.88. The Kier molecular flexibility index (Phi) is 5.76. The number of unbranched alkanes of at least 4 members (excludes halogenated alkanes) is 5. The summed E-state index contributed by atoms with van der Waals surface area (Å²) in [7, 11) is 0. The zero-order valence-corrected chi connectivity index (χ0v) is 11.2. The van der Waals surface area contributed by atoms with Gasteiger partial charge in [-0.25, -0.2) is 0 Å². The summed E-state index contributed by atoms with van der Waals surface area (Å²) in [6.07, 6.45) is 12.2. The van der Waals surface area contributed by atoms with Gasteiger partial charge in [0.25, 0.3) is 0 Å². The molecule has 1 aliphatic rings. The smallest absolute Gasteiger partial charge is 0.114 e. The molecule has 0 bridgehead atoms. The second-order valence-electron chi connectivity index (χ2n) is 5.30. The number of aliphatic hydroxyl groups excluding tert-OH is 1. The molecular formula is C15H26O2. The summed E-state index contributed by atoms with van der Waals surface area (Å²) in [5.41, 5.74) is 0.169. The molecule has 0 fully saturated rings. The van der Waals surface area contributed by atoms with E-state index in [1.54, 1.807) is 12.2 Å². The maximum Gasteiger partial charge on any atom is 0.114 e. The van der Waals surface area contributed by atoms with Crippen molar-refractivity contribution in [3.05, 3.63) is 23.5 Å². The molecule has 2 N–H and O–H groups in total. The highest BCUT2D eigenvalue weighted by Gasteiger charge is 2.27. The number of rotatable bonds is 7. The summed E-state index contributed by atoms with van der Waals surface area (Å²) in [4.78, 5) is 0. The van der Waals surface area contributed by atoms with Gasteiger partial charge in [-0.1, -0.05) is 45.4 Å². The predicted octanol–water partition coefficient (Wildman–Crippen LogP) is 4.26. The van der Waals surface area contributed by atoms with E-state index in [-0.39, 0.29) is 0 Å². The van der Waals surface area contributed by atoms with Gasteiger partial charge in [0.15, 0.2) is 0 Å². The molecule has 0 saturated heterocycles. The quantitative estimate of drug-likeness (QED) is 0.651. The van der Waals surface area contributed by atoms with Crippen LogP contribution in [0.25, 0.3) is 0 Å². The Hall–Kier alpha value is -0.760. The highest BCUT2D eigenvalue weighted by Crippen LogP contribution is 2.30. The van der Waals surface area contributed by atoms with Gasteiger partial charge in [0.1, 0.15) is 5.76 Å². The van der Waals surface area contributed by atoms with Crippen molar-refractivity contribution in [1.82, 2.24) is 0 Å². The average molecular weight is 238 g/mol. The van der Waals surface area contributed by atoms with Crippen molar-refractivity contribution < 1.29 is 10.2 Å². The van der Waals surface area contributed by atoms with Gasteiger partial charge >= 0.3 is 0 Å². The third-order valence-electron chi connectivity index (χ3n) is 3.52. The van der Waals surface area contributed by atoms with E-state index in [4.69, 9.17) is 0 Å². The van der Waals surface area contributed by atoms with Gasteiger partial charge in [-0.05, 0) is 31.1 Å². The molecule has 0 saturated carbocycles. The Morgan fingerprint density at radius 3 is 2.47 bits per heavy atom. The lowest BCUT2D eigenvalue weighted by Gasteiger charge is -2.28. The topological polar surface area (TPSA) is 40.5 Å². The molecule has 17 heavy (non-hydrogen) atoms. The van der Waals surface area contributed by atoms with Crippen molar-refractivity contribution >= 4 is 0 Å². The van der Waals surface area contributed by atoms with Gasteiger partial charge in [-0.15, -0.1) is 0 Å². The van der Waals surface area contributed by atoms with Gasteiger partial charge in [-0.2, -0.15) is 0 Å². The molecule has 0 aliphatic heterocycles. The van der Waals surface area contributed by atoms with Crippen molar-refractivity contribution in [2.24, 2.45) is 0 Å². The van der Waals surface area contributed by atoms with E-state index < -0.39 is 5.60 Å². The summed E-state index contributed by atoms with van der Waals surface area (Å²) in [6.45, 7) is 4.10. The van der Waals surface area contributed by atoms with Gasteiger partial charge in [0.2, 0.25) is 0 Å². The van der Waals surface area contributed by atoms with Crippen LogP contribution in [0.4, 0.5) is 0 Å². The Balaban J connectivity index is 2.21. The molecule has 0 spiro atoms. The Morgan fingerprint density at radius 2 is 1.82 bits per heavy atom. The molecule has 2 heteroatoms. The standard InChI is InChI=1S/C15H26O2/c1-3-4-5-6-7-8-10-15(17)11-9-14(16)13(2)12-15/h9,11,16-17H,3-8,10,12H2,1-2H3. The Bertz CT molecular complexity index is 291. The van der Waals surface area contributed by atoms with Crippen molar-refractivity contribution in [2.45, 2.75) is 70.8 Å². The first-order valence-corrected chi connectivity index (χ1v) is 6.88. The number of aliphatic hydroxyl groups is 2. The third kappa shape index (κ3) is 4.95. The van der Waals surface area contributed by atoms with Crippen LogP contribution in [0.1, 0.15) is 65.2 Å². The summed E-state index contributed by atoms with van der Waals surface area (Å²) in [5.74, 6) is 0.317. The lowest BCUT2D eigenvalue weighted by atomic mass is 9.85. The normalized spacial score (nSPS) is 24.4. The molecule has 2 nitrogen and oxygen atoms in total. The van der Waals surface area contributed by atoms with E-state index in [0.29, 0.717) is 12.2 Å². The lowest BCUT2D eigenvalue weighted by molar-refractivity contribution is 0.0749. The summed E-state index contributed by atoms with van der Waals surface area (Å²) >= 11 is 0. The lowest BCUT2D eigenvalue weighted by Crippen LogP contribution is -2.28. The fourth-order valence-corrected chi connectivity index (χ4v) is 2.37. The molecule has 98 valence electrons. The molecule has 0 aromatic rings. The van der Waals surface area contributed by atoms with Crippen LogP contribution in [0, 0.1) is 0 Å². The second-order valence-corrected chi connectivity index (χ2v) is 5.30. The first-order chi connectivity index (χ1) is 8.07. The minimum atomic E-state index is -0.721.